The Kier molecular flexibility index (Phi) is 3.21. The summed E-state index contributed by atoms with van der Waals surface area (Å²) in [6.07, 6.45) is 0.817. The summed E-state index contributed by atoms with van der Waals surface area (Å²) in [6.45, 7) is 1.34. The zero-order valence-corrected chi connectivity index (χ0v) is 6.33. The summed E-state index contributed by atoms with van der Waals surface area (Å²) in [4.78, 5) is 30.7. The molecule has 0 aromatic rings. The Morgan fingerprint density at radius 3 is 1.92 bits per heavy atom. The zero-order valence-electron chi connectivity index (χ0n) is 6.33. The van der Waals surface area contributed by atoms with Gasteiger partial charge in [0.1, 0.15) is 0 Å². The molecule has 0 bridgehead atoms. The topological polar surface area (TPSA) is 104 Å². The van der Waals surface area contributed by atoms with Crippen LogP contribution in [0.4, 0.5) is 0 Å². The molecular formula is C6H8NO5. The molecule has 6 heteroatoms. The fourth-order valence-electron chi connectivity index (χ4n) is 0.676. The highest BCUT2D eigenvalue weighted by Gasteiger charge is 2.45. The second-order valence-electron chi connectivity index (χ2n) is 2.10. The van der Waals surface area contributed by atoms with Crippen molar-refractivity contribution in [3.63, 3.8) is 0 Å². The fraction of sp³-hybridized carbons (Fsp3) is 0.500. The van der Waals surface area contributed by atoms with E-state index in [-0.39, 0.29) is 6.42 Å². The summed E-state index contributed by atoms with van der Waals surface area (Å²) in [5, 5.41) is 18.6. The molecule has 1 radical (unpaired) electrons. The van der Waals surface area contributed by atoms with Gasteiger partial charge in [-0.15, -0.1) is 0 Å². The molecule has 0 aliphatic heterocycles. The van der Waals surface area contributed by atoms with E-state index in [2.05, 4.69) is 0 Å². The van der Waals surface area contributed by atoms with Crippen molar-refractivity contribution in [3.8, 4) is 0 Å². The Labute approximate surface area is 68.2 Å². The summed E-state index contributed by atoms with van der Waals surface area (Å²) >= 11 is 0. The van der Waals surface area contributed by atoms with E-state index in [1.165, 1.54) is 6.92 Å². The molecule has 12 heavy (non-hydrogen) atoms. The van der Waals surface area contributed by atoms with Gasteiger partial charge in [-0.05, 0) is 6.42 Å². The average molecular weight is 174 g/mol. The van der Waals surface area contributed by atoms with Crippen LogP contribution in [0.15, 0.2) is 0 Å². The summed E-state index contributed by atoms with van der Waals surface area (Å²) in [7, 11) is 0. The first-order chi connectivity index (χ1) is 5.51. The third-order valence-corrected chi connectivity index (χ3v) is 1.52. The predicted molar refractivity (Wildman–Crippen MR) is 37.1 cm³/mol. The molecule has 0 spiro atoms. The number of hydrogen-bond acceptors (Lipinski definition) is 3. The smallest absolute Gasteiger partial charge is 0.341 e. The number of aliphatic carboxylic acids is 2. The predicted octanol–water partition coefficient (Wildman–Crippen LogP) is -1.04. The minimum absolute atomic E-state index is 0.243. The summed E-state index contributed by atoms with van der Waals surface area (Å²) in [5.74, 6) is -3.22. The molecule has 0 atom stereocenters. The lowest BCUT2D eigenvalue weighted by Crippen LogP contribution is -2.57. The molecule has 3 N–H and O–H groups in total. The van der Waals surface area contributed by atoms with E-state index in [1.807, 2.05) is 0 Å². The van der Waals surface area contributed by atoms with Gasteiger partial charge in [0.15, 0.2) is 0 Å². The SMILES string of the molecule is CCC(N[C]=O)(C(=O)O)C(=O)O. The van der Waals surface area contributed by atoms with Crippen molar-refractivity contribution in [1.82, 2.24) is 5.32 Å². The van der Waals surface area contributed by atoms with Crippen molar-refractivity contribution >= 4 is 18.3 Å². The molecule has 1 amide bonds. The Morgan fingerprint density at radius 1 is 1.42 bits per heavy atom. The Bertz CT molecular complexity index is 198. The zero-order chi connectivity index (χ0) is 9.78. The number of carbonyl (C=O) groups is 2. The van der Waals surface area contributed by atoms with Crippen LogP contribution < -0.4 is 5.32 Å². The monoisotopic (exact) mass is 174 g/mol. The molecule has 0 saturated heterocycles. The lowest BCUT2D eigenvalue weighted by Gasteiger charge is -2.20. The van der Waals surface area contributed by atoms with Crippen LogP contribution in [-0.4, -0.2) is 34.1 Å². The highest BCUT2D eigenvalue weighted by Crippen LogP contribution is 2.09. The van der Waals surface area contributed by atoms with E-state index < -0.39 is 17.5 Å². The first-order valence-electron chi connectivity index (χ1n) is 3.12. The van der Waals surface area contributed by atoms with Crippen LogP contribution in [-0.2, 0) is 14.4 Å². The van der Waals surface area contributed by atoms with Gasteiger partial charge in [-0.25, -0.2) is 9.59 Å². The van der Waals surface area contributed by atoms with Crippen LogP contribution in [0.5, 0.6) is 0 Å². The van der Waals surface area contributed by atoms with Crippen LogP contribution in [0, 0.1) is 0 Å². The Morgan fingerprint density at radius 2 is 1.83 bits per heavy atom. The first-order valence-corrected chi connectivity index (χ1v) is 3.12. The van der Waals surface area contributed by atoms with Gasteiger partial charge in [0.05, 0.1) is 0 Å². The number of hydrogen-bond donors (Lipinski definition) is 3. The van der Waals surface area contributed by atoms with Gasteiger partial charge in [-0.3, -0.25) is 4.79 Å². The maximum Gasteiger partial charge on any atom is 0.341 e. The molecular weight excluding hydrogens is 166 g/mol. The number of carbonyl (C=O) groups excluding carboxylic acids is 1. The maximum atomic E-state index is 10.5. The van der Waals surface area contributed by atoms with Gasteiger partial charge in [0, 0.05) is 0 Å². The molecule has 0 rings (SSSR count). The van der Waals surface area contributed by atoms with Gasteiger partial charge in [0.2, 0.25) is 5.54 Å². The van der Waals surface area contributed by atoms with Gasteiger partial charge in [0.25, 0.3) is 0 Å². The van der Waals surface area contributed by atoms with Crippen LogP contribution in [0.2, 0.25) is 0 Å². The van der Waals surface area contributed by atoms with Crippen LogP contribution in [0.1, 0.15) is 13.3 Å². The molecule has 6 nitrogen and oxygen atoms in total. The van der Waals surface area contributed by atoms with Gasteiger partial charge in [-0.2, -0.15) is 0 Å². The molecule has 0 aromatic carbocycles. The van der Waals surface area contributed by atoms with Crippen molar-refractivity contribution in [1.29, 1.82) is 0 Å². The molecule has 0 unspecified atom stereocenters. The molecule has 0 fully saturated rings. The van der Waals surface area contributed by atoms with E-state index in [4.69, 9.17) is 10.2 Å². The Hall–Kier alpha value is -1.59. The number of carboxylic acids is 2. The minimum Gasteiger partial charge on any atom is -0.479 e. The van der Waals surface area contributed by atoms with E-state index in [0.29, 0.717) is 0 Å². The lowest BCUT2D eigenvalue weighted by atomic mass is 9.97. The second kappa shape index (κ2) is 3.70. The third-order valence-electron chi connectivity index (χ3n) is 1.52. The van der Waals surface area contributed by atoms with Crippen molar-refractivity contribution in [2.75, 3.05) is 0 Å². The quantitative estimate of drug-likeness (QED) is 0.365. The van der Waals surface area contributed by atoms with Crippen molar-refractivity contribution < 1.29 is 24.6 Å². The third kappa shape index (κ3) is 1.52. The highest BCUT2D eigenvalue weighted by atomic mass is 16.4. The van der Waals surface area contributed by atoms with Gasteiger partial charge >= 0.3 is 18.3 Å². The molecule has 0 aliphatic carbocycles. The average Bonchev–Trinajstić information content (AvgIpc) is 1.98. The van der Waals surface area contributed by atoms with Crippen molar-refractivity contribution in [2.24, 2.45) is 0 Å². The number of nitrogens with one attached hydrogen (secondary N) is 1. The minimum atomic E-state index is -2.25. The number of rotatable bonds is 5. The highest BCUT2D eigenvalue weighted by molar-refractivity contribution is 6.04. The van der Waals surface area contributed by atoms with E-state index in [1.54, 1.807) is 5.32 Å². The second-order valence-corrected chi connectivity index (χ2v) is 2.10. The van der Waals surface area contributed by atoms with Gasteiger partial charge < -0.3 is 15.5 Å². The van der Waals surface area contributed by atoms with E-state index >= 15 is 0 Å². The van der Waals surface area contributed by atoms with E-state index in [0.717, 1.165) is 6.41 Å². The van der Waals surface area contributed by atoms with E-state index in [9.17, 15) is 14.4 Å². The molecule has 0 heterocycles. The summed E-state index contributed by atoms with van der Waals surface area (Å²) in [6, 6.07) is 0. The number of carboxylic acid groups (broad SMARTS) is 2. The first kappa shape index (κ1) is 10.4. The lowest BCUT2D eigenvalue weighted by molar-refractivity contribution is -0.158. The van der Waals surface area contributed by atoms with Crippen LogP contribution in [0.3, 0.4) is 0 Å². The van der Waals surface area contributed by atoms with Crippen molar-refractivity contribution in [2.45, 2.75) is 18.9 Å². The van der Waals surface area contributed by atoms with Gasteiger partial charge in [-0.1, -0.05) is 6.92 Å². The molecule has 0 aromatic heterocycles. The van der Waals surface area contributed by atoms with Crippen LogP contribution in [0.25, 0.3) is 0 Å². The normalized spacial score (nSPS) is 10.4. The largest absolute Gasteiger partial charge is 0.479 e. The maximum absolute atomic E-state index is 10.5. The fourth-order valence-corrected chi connectivity index (χ4v) is 0.676. The van der Waals surface area contributed by atoms with Crippen LogP contribution >= 0.6 is 0 Å². The summed E-state index contributed by atoms with van der Waals surface area (Å²) in [5.41, 5.74) is -2.25. The Balaban J connectivity index is 4.88. The summed E-state index contributed by atoms with van der Waals surface area (Å²) < 4.78 is 0. The molecule has 0 saturated carbocycles. The number of amides is 1. The standard InChI is InChI=1S/C6H8NO5/c1-2-6(4(9)10,5(11)12)7-3-8/h2H2,1H3,(H,7,8)(H,9,10)(H,11,12). The molecule has 67 valence electrons. The van der Waals surface area contributed by atoms with Crippen molar-refractivity contribution in [3.05, 3.63) is 0 Å². The molecule has 0 aliphatic rings.